The Balaban J connectivity index is 2.09. The molecule has 0 aromatic carbocycles. The number of furan rings is 1. The number of carbonyl (C=O) groups is 2. The van der Waals surface area contributed by atoms with Crippen molar-refractivity contribution in [3.8, 4) is 0 Å². The number of hydrogen-bond acceptors (Lipinski definition) is 8. The monoisotopic (exact) mass is 465 g/mol. The zero-order valence-electron chi connectivity index (χ0n) is 20.2. The van der Waals surface area contributed by atoms with Crippen molar-refractivity contribution in [2.24, 2.45) is 5.41 Å². The topological polar surface area (TPSA) is 96.7 Å². The summed E-state index contributed by atoms with van der Waals surface area (Å²) in [6.07, 6.45) is 3.13. The van der Waals surface area contributed by atoms with Crippen LogP contribution in [0.2, 0.25) is 0 Å². The lowest BCUT2D eigenvalue weighted by molar-refractivity contribution is -0.181. The third-order valence-corrected chi connectivity index (χ3v) is 6.20. The van der Waals surface area contributed by atoms with Gasteiger partial charge in [-0.05, 0) is 39.7 Å². The molecule has 1 heterocycles. The third-order valence-electron chi connectivity index (χ3n) is 6.20. The first-order chi connectivity index (χ1) is 15.6. The zero-order chi connectivity index (χ0) is 24.3. The van der Waals surface area contributed by atoms with Gasteiger partial charge < -0.3 is 28.1 Å². The summed E-state index contributed by atoms with van der Waals surface area (Å²) in [7, 11) is 3.02. The number of nitrogens with zero attached hydrogens (tertiary/aromatic N) is 1. The van der Waals surface area contributed by atoms with Crippen LogP contribution in [-0.2, 0) is 34.1 Å². The number of amides is 1. The van der Waals surface area contributed by atoms with Crippen molar-refractivity contribution in [2.75, 3.05) is 40.9 Å². The molecule has 0 saturated heterocycles. The van der Waals surface area contributed by atoms with Gasteiger partial charge in [-0.15, -0.1) is 6.58 Å². The van der Waals surface area contributed by atoms with Gasteiger partial charge in [-0.1, -0.05) is 6.08 Å². The molecule has 3 atom stereocenters. The van der Waals surface area contributed by atoms with Crippen LogP contribution >= 0.6 is 0 Å². The molecule has 33 heavy (non-hydrogen) atoms. The van der Waals surface area contributed by atoms with Crippen LogP contribution in [0.1, 0.15) is 57.5 Å². The second-order valence-electron chi connectivity index (χ2n) is 9.49. The number of Topliss-reactive ketones (excluding diaryl/α,β-unsaturated/α-hetero) is 1. The summed E-state index contributed by atoms with van der Waals surface area (Å²) in [5, 5.41) is 0. The lowest BCUT2D eigenvalue weighted by atomic mass is 9.62. The van der Waals surface area contributed by atoms with Crippen LogP contribution in [0.4, 0.5) is 4.79 Å². The van der Waals surface area contributed by atoms with Crippen molar-refractivity contribution < 1.29 is 37.7 Å². The van der Waals surface area contributed by atoms with Gasteiger partial charge in [0.25, 0.3) is 0 Å². The number of ketones is 1. The molecule has 3 rings (SSSR count). The number of hydrogen-bond donors (Lipinski definition) is 0. The summed E-state index contributed by atoms with van der Waals surface area (Å²) in [5.74, 6) is 0.603. The average molecular weight is 466 g/mol. The van der Waals surface area contributed by atoms with E-state index in [-0.39, 0.29) is 38.9 Å². The molecule has 2 aliphatic rings. The quantitative estimate of drug-likeness (QED) is 0.379. The van der Waals surface area contributed by atoms with E-state index >= 15 is 0 Å². The van der Waals surface area contributed by atoms with Crippen molar-refractivity contribution in [2.45, 2.75) is 57.3 Å². The molecule has 9 nitrogen and oxygen atoms in total. The van der Waals surface area contributed by atoms with E-state index in [0.717, 1.165) is 5.56 Å². The van der Waals surface area contributed by atoms with Gasteiger partial charge in [0.1, 0.15) is 42.4 Å². The lowest BCUT2D eigenvalue weighted by Crippen LogP contribution is -2.58. The van der Waals surface area contributed by atoms with Gasteiger partial charge in [-0.3, -0.25) is 9.69 Å². The number of fused-ring (bicyclic) bond motifs is 3. The lowest BCUT2D eigenvalue weighted by Gasteiger charge is -2.50. The fourth-order valence-electron chi connectivity index (χ4n) is 5.00. The Kier molecular flexibility index (Phi) is 7.68. The molecule has 1 fully saturated rings. The molecule has 0 unspecified atom stereocenters. The summed E-state index contributed by atoms with van der Waals surface area (Å²) in [6.45, 7) is 9.42. The van der Waals surface area contributed by atoms with Gasteiger partial charge in [0.15, 0.2) is 0 Å². The molecule has 2 aliphatic carbocycles. The van der Waals surface area contributed by atoms with Gasteiger partial charge in [-0.2, -0.15) is 0 Å². The molecule has 1 aromatic heterocycles. The minimum atomic E-state index is -1.10. The Morgan fingerprint density at radius 3 is 2.73 bits per heavy atom. The van der Waals surface area contributed by atoms with Gasteiger partial charge in [0.2, 0.25) is 0 Å². The highest BCUT2D eigenvalue weighted by Gasteiger charge is 2.67. The van der Waals surface area contributed by atoms with E-state index in [9.17, 15) is 9.59 Å². The predicted molar refractivity (Wildman–Crippen MR) is 118 cm³/mol. The summed E-state index contributed by atoms with van der Waals surface area (Å²) >= 11 is 0. The van der Waals surface area contributed by atoms with Gasteiger partial charge in [-0.25, -0.2) is 4.79 Å². The Morgan fingerprint density at radius 2 is 2.09 bits per heavy atom. The molecule has 184 valence electrons. The number of ether oxygens (including phenoxy) is 5. The third kappa shape index (κ3) is 4.73. The van der Waals surface area contributed by atoms with Crippen molar-refractivity contribution in [1.29, 1.82) is 0 Å². The van der Waals surface area contributed by atoms with E-state index in [2.05, 4.69) is 6.58 Å². The Labute approximate surface area is 194 Å². The average Bonchev–Trinajstić information content (AvgIpc) is 3.34. The van der Waals surface area contributed by atoms with Crippen molar-refractivity contribution >= 4 is 11.9 Å². The first-order valence-corrected chi connectivity index (χ1v) is 11.1. The fourth-order valence-corrected chi connectivity index (χ4v) is 5.00. The fraction of sp³-hybridized carbons (Fsp3) is 0.667. The Hall–Kier alpha value is -2.20. The van der Waals surface area contributed by atoms with Gasteiger partial charge in [0.05, 0.1) is 18.3 Å². The maximum atomic E-state index is 13.7. The molecule has 0 spiro atoms. The van der Waals surface area contributed by atoms with Crippen LogP contribution < -0.4 is 0 Å². The van der Waals surface area contributed by atoms with E-state index in [0.29, 0.717) is 18.6 Å². The minimum absolute atomic E-state index is 0.00547. The highest BCUT2D eigenvalue weighted by atomic mass is 16.7. The van der Waals surface area contributed by atoms with E-state index in [4.69, 9.17) is 28.1 Å². The number of rotatable bonds is 10. The van der Waals surface area contributed by atoms with Crippen LogP contribution in [0.3, 0.4) is 0 Å². The van der Waals surface area contributed by atoms with Crippen molar-refractivity contribution in [3.63, 3.8) is 0 Å². The largest absolute Gasteiger partial charge is 0.466 e. The van der Waals surface area contributed by atoms with Crippen LogP contribution in [-0.4, -0.2) is 63.3 Å². The molecule has 0 bridgehead atoms. The highest BCUT2D eigenvalue weighted by molar-refractivity contribution is 5.90. The first-order valence-electron chi connectivity index (χ1n) is 11.1. The maximum absolute atomic E-state index is 13.7. The summed E-state index contributed by atoms with van der Waals surface area (Å²) in [6, 6.07) is 1.82. The van der Waals surface area contributed by atoms with Crippen LogP contribution in [0.5, 0.6) is 0 Å². The molecule has 1 saturated carbocycles. The van der Waals surface area contributed by atoms with E-state index < -0.39 is 28.8 Å². The summed E-state index contributed by atoms with van der Waals surface area (Å²) < 4.78 is 34.2. The minimum Gasteiger partial charge on any atom is -0.466 e. The number of carbonyl (C=O) groups excluding carboxylic acids is 2. The van der Waals surface area contributed by atoms with Crippen LogP contribution in [0.25, 0.3) is 0 Å². The molecule has 0 aliphatic heterocycles. The van der Waals surface area contributed by atoms with Crippen LogP contribution in [0, 0.1) is 5.41 Å². The van der Waals surface area contributed by atoms with Crippen molar-refractivity contribution in [3.05, 3.63) is 36.3 Å². The Morgan fingerprint density at radius 1 is 1.33 bits per heavy atom. The van der Waals surface area contributed by atoms with Crippen LogP contribution in [0.15, 0.2) is 29.4 Å². The van der Waals surface area contributed by atoms with E-state index in [1.54, 1.807) is 33.1 Å². The molecule has 0 radical (unpaired) electrons. The highest BCUT2D eigenvalue weighted by Crippen LogP contribution is 2.62. The van der Waals surface area contributed by atoms with Gasteiger partial charge >= 0.3 is 6.09 Å². The second kappa shape index (κ2) is 9.97. The second-order valence-corrected chi connectivity index (χ2v) is 9.49. The summed E-state index contributed by atoms with van der Waals surface area (Å²) in [5.41, 5.74) is -2.04. The number of methoxy groups -OCH3 is 2. The first kappa shape index (κ1) is 25.4. The molecule has 1 aromatic rings. The predicted octanol–water partition coefficient (Wildman–Crippen LogP) is 3.93. The van der Waals surface area contributed by atoms with Crippen molar-refractivity contribution in [1.82, 2.24) is 4.90 Å². The maximum Gasteiger partial charge on any atom is 0.412 e. The smallest absolute Gasteiger partial charge is 0.412 e. The Bertz CT molecular complexity index is 859. The van der Waals surface area contributed by atoms with Gasteiger partial charge in [0, 0.05) is 32.7 Å². The standard InChI is InChI=1S/C24H35NO8/c1-7-11-32-24-10-8-19(26)23(24,14-25(15-28-5)21(27)33-22(2,3)4)13-18(31-16-29-6)20-17(24)9-12-30-20/h7,9,12,18H,1,8,10-11,13-16H2,2-6H3/t18-,23+,24+/m1/s1. The molecule has 1 amide bonds. The zero-order valence-corrected chi connectivity index (χ0v) is 20.2. The molecule has 0 N–H and O–H groups in total. The molecule has 9 heteroatoms. The molecular weight excluding hydrogens is 430 g/mol. The SMILES string of the molecule is C=CCO[C@]12CCC(=O)[C@@]1(CN(COC)C(=O)OC(C)(C)C)C[C@@H](OCOC)c1occc12. The van der Waals surface area contributed by atoms with E-state index in [1.165, 1.54) is 19.1 Å². The summed E-state index contributed by atoms with van der Waals surface area (Å²) in [4.78, 5) is 28.1. The normalized spacial score (nSPS) is 26.6. The van der Waals surface area contributed by atoms with E-state index in [1.807, 2.05) is 6.07 Å². The molecular formula is C24H35NO8.